The van der Waals surface area contributed by atoms with Crippen molar-refractivity contribution in [1.82, 2.24) is 20.2 Å². The summed E-state index contributed by atoms with van der Waals surface area (Å²) in [7, 11) is 0. The monoisotopic (exact) mass is 151 g/mol. The number of hydrogen-bond donors (Lipinski definition) is 0. The van der Waals surface area contributed by atoms with Gasteiger partial charge in [0.15, 0.2) is 0 Å². The molecule has 1 aromatic rings. The molecule has 0 aliphatic rings. The lowest BCUT2D eigenvalue weighted by Gasteiger charge is -1.99. The highest BCUT2D eigenvalue weighted by atomic mass is 15.6. The second-order valence-corrected chi connectivity index (χ2v) is 2.67. The molecule has 11 heavy (non-hydrogen) atoms. The standard InChI is InChI=1S/C6H9N5/c1-5(2)4-11-9-6(3-7)8-10-11/h5H,4H2,1-2H3. The maximum Gasteiger partial charge on any atom is 0.273 e. The maximum absolute atomic E-state index is 8.36. The summed E-state index contributed by atoms with van der Waals surface area (Å²) in [5.41, 5.74) is 0. The first-order valence-electron chi connectivity index (χ1n) is 3.40. The van der Waals surface area contributed by atoms with Gasteiger partial charge >= 0.3 is 0 Å². The molecule has 0 saturated heterocycles. The van der Waals surface area contributed by atoms with Crippen LogP contribution in [-0.4, -0.2) is 20.2 Å². The van der Waals surface area contributed by atoms with Crippen molar-refractivity contribution in [3.05, 3.63) is 5.82 Å². The summed E-state index contributed by atoms with van der Waals surface area (Å²) in [4.78, 5) is 1.43. The second kappa shape index (κ2) is 3.10. The Bertz CT molecular complexity index is 269. The van der Waals surface area contributed by atoms with E-state index in [1.54, 1.807) is 0 Å². The van der Waals surface area contributed by atoms with Gasteiger partial charge in [-0.25, -0.2) is 0 Å². The molecule has 1 rings (SSSR count). The Balaban J connectivity index is 2.67. The topological polar surface area (TPSA) is 67.4 Å². The smallest absolute Gasteiger partial charge is 0.189 e. The van der Waals surface area contributed by atoms with Crippen LogP contribution < -0.4 is 0 Å². The van der Waals surface area contributed by atoms with Crippen LogP contribution >= 0.6 is 0 Å². The van der Waals surface area contributed by atoms with Gasteiger partial charge in [-0.15, -0.1) is 5.10 Å². The van der Waals surface area contributed by atoms with Gasteiger partial charge in [0.25, 0.3) is 5.82 Å². The molecule has 0 aromatic carbocycles. The predicted octanol–water partition coefficient (Wildman–Crippen LogP) is 0.201. The van der Waals surface area contributed by atoms with Crippen molar-refractivity contribution >= 4 is 0 Å². The maximum atomic E-state index is 8.36. The summed E-state index contributed by atoms with van der Waals surface area (Å²) < 4.78 is 0. The van der Waals surface area contributed by atoms with Crippen LogP contribution in [0.4, 0.5) is 0 Å². The fraction of sp³-hybridized carbons (Fsp3) is 0.667. The Hall–Kier alpha value is -1.44. The second-order valence-electron chi connectivity index (χ2n) is 2.67. The number of hydrogen-bond acceptors (Lipinski definition) is 4. The lowest BCUT2D eigenvalue weighted by atomic mass is 10.2. The molecule has 0 aliphatic carbocycles. The fourth-order valence-corrected chi connectivity index (χ4v) is 0.692. The zero-order chi connectivity index (χ0) is 8.27. The van der Waals surface area contributed by atoms with Crippen molar-refractivity contribution in [1.29, 1.82) is 5.26 Å². The van der Waals surface area contributed by atoms with E-state index in [-0.39, 0.29) is 5.82 Å². The summed E-state index contributed by atoms with van der Waals surface area (Å²) >= 11 is 0. The Kier molecular flexibility index (Phi) is 2.16. The summed E-state index contributed by atoms with van der Waals surface area (Å²) in [5.74, 6) is 0.599. The van der Waals surface area contributed by atoms with Crippen molar-refractivity contribution in [2.75, 3.05) is 0 Å². The van der Waals surface area contributed by atoms with E-state index < -0.39 is 0 Å². The number of tetrazole rings is 1. The molecule has 0 amide bonds. The highest BCUT2D eigenvalue weighted by molar-refractivity contribution is 5.03. The van der Waals surface area contributed by atoms with Crippen LogP contribution in [0.5, 0.6) is 0 Å². The minimum atomic E-state index is 0.130. The van der Waals surface area contributed by atoms with Crippen LogP contribution in [0.1, 0.15) is 19.7 Å². The van der Waals surface area contributed by atoms with Crippen LogP contribution in [0.15, 0.2) is 0 Å². The van der Waals surface area contributed by atoms with Crippen molar-refractivity contribution < 1.29 is 0 Å². The Labute approximate surface area is 64.6 Å². The molecular formula is C6H9N5. The fourth-order valence-electron chi connectivity index (χ4n) is 0.692. The summed E-state index contributed by atoms with van der Waals surface area (Å²) in [6, 6.07) is 1.82. The van der Waals surface area contributed by atoms with Crippen molar-refractivity contribution in [2.24, 2.45) is 5.92 Å². The molecule has 0 atom stereocenters. The van der Waals surface area contributed by atoms with Gasteiger partial charge in [-0.2, -0.15) is 10.1 Å². The average Bonchev–Trinajstić information content (AvgIpc) is 2.34. The summed E-state index contributed by atoms with van der Waals surface area (Å²) in [6.45, 7) is 4.81. The third-order valence-corrected chi connectivity index (χ3v) is 1.08. The Morgan fingerprint density at radius 3 is 2.82 bits per heavy atom. The van der Waals surface area contributed by atoms with E-state index in [0.717, 1.165) is 0 Å². The van der Waals surface area contributed by atoms with E-state index in [2.05, 4.69) is 29.3 Å². The van der Waals surface area contributed by atoms with Crippen molar-refractivity contribution in [2.45, 2.75) is 20.4 Å². The quantitative estimate of drug-likeness (QED) is 0.605. The first-order valence-corrected chi connectivity index (χ1v) is 3.40. The zero-order valence-corrected chi connectivity index (χ0v) is 6.52. The predicted molar refractivity (Wildman–Crippen MR) is 37.4 cm³/mol. The molecule has 58 valence electrons. The number of nitrogens with zero attached hydrogens (tertiary/aromatic N) is 5. The largest absolute Gasteiger partial charge is 0.273 e. The molecule has 0 radical (unpaired) electrons. The van der Waals surface area contributed by atoms with E-state index in [9.17, 15) is 0 Å². The molecule has 0 fully saturated rings. The highest BCUT2D eigenvalue weighted by Gasteiger charge is 2.01. The lowest BCUT2D eigenvalue weighted by molar-refractivity contribution is 0.429. The van der Waals surface area contributed by atoms with Gasteiger partial charge in [-0.1, -0.05) is 18.9 Å². The number of rotatable bonds is 2. The van der Waals surface area contributed by atoms with Crippen LogP contribution in [0.3, 0.4) is 0 Å². The molecule has 0 spiro atoms. The van der Waals surface area contributed by atoms with Gasteiger partial charge in [0, 0.05) is 0 Å². The SMILES string of the molecule is CC(C)Cn1nnc(C#N)n1. The van der Waals surface area contributed by atoms with Crippen molar-refractivity contribution in [3.63, 3.8) is 0 Å². The van der Waals surface area contributed by atoms with E-state index >= 15 is 0 Å². The first kappa shape index (κ1) is 7.66. The van der Waals surface area contributed by atoms with Gasteiger partial charge < -0.3 is 0 Å². The van der Waals surface area contributed by atoms with Gasteiger partial charge in [-0.05, 0) is 11.1 Å². The van der Waals surface area contributed by atoms with Crippen LogP contribution in [0.25, 0.3) is 0 Å². The van der Waals surface area contributed by atoms with Crippen LogP contribution in [-0.2, 0) is 6.54 Å². The summed E-state index contributed by atoms with van der Waals surface area (Å²) in [5, 5.41) is 19.3. The molecule has 1 aromatic heterocycles. The summed E-state index contributed by atoms with van der Waals surface area (Å²) in [6.07, 6.45) is 0. The lowest BCUT2D eigenvalue weighted by Crippen LogP contribution is -2.07. The number of nitriles is 1. The first-order chi connectivity index (χ1) is 5.22. The van der Waals surface area contributed by atoms with E-state index in [0.29, 0.717) is 12.5 Å². The molecule has 5 heteroatoms. The van der Waals surface area contributed by atoms with Crippen molar-refractivity contribution in [3.8, 4) is 6.07 Å². The van der Waals surface area contributed by atoms with Crippen LogP contribution in [0.2, 0.25) is 0 Å². The van der Waals surface area contributed by atoms with E-state index in [1.807, 2.05) is 6.07 Å². The minimum absolute atomic E-state index is 0.130. The molecule has 0 unspecified atom stereocenters. The van der Waals surface area contributed by atoms with E-state index in [1.165, 1.54) is 4.80 Å². The van der Waals surface area contributed by atoms with Crippen LogP contribution in [0, 0.1) is 17.2 Å². The number of aromatic nitrogens is 4. The molecule has 0 N–H and O–H groups in total. The third kappa shape index (κ3) is 2.00. The molecule has 5 nitrogen and oxygen atoms in total. The normalized spacial score (nSPS) is 10.0. The highest BCUT2D eigenvalue weighted by Crippen LogP contribution is 1.94. The Morgan fingerprint density at radius 1 is 1.64 bits per heavy atom. The zero-order valence-electron chi connectivity index (χ0n) is 6.52. The molecule has 1 heterocycles. The third-order valence-electron chi connectivity index (χ3n) is 1.08. The Morgan fingerprint density at radius 2 is 2.36 bits per heavy atom. The van der Waals surface area contributed by atoms with Gasteiger partial charge in [0.1, 0.15) is 6.07 Å². The van der Waals surface area contributed by atoms with Gasteiger partial charge in [0.2, 0.25) is 0 Å². The molecule has 0 aliphatic heterocycles. The minimum Gasteiger partial charge on any atom is -0.189 e. The molecule has 0 bridgehead atoms. The van der Waals surface area contributed by atoms with Gasteiger partial charge in [0.05, 0.1) is 6.54 Å². The van der Waals surface area contributed by atoms with E-state index in [4.69, 9.17) is 5.26 Å². The molecular weight excluding hydrogens is 142 g/mol. The van der Waals surface area contributed by atoms with Gasteiger partial charge in [-0.3, -0.25) is 0 Å². The molecule has 0 saturated carbocycles. The average molecular weight is 151 g/mol.